The van der Waals surface area contributed by atoms with Crippen molar-refractivity contribution in [2.75, 3.05) is 23.9 Å². The van der Waals surface area contributed by atoms with Crippen LogP contribution in [0.4, 0.5) is 11.4 Å². The van der Waals surface area contributed by atoms with Gasteiger partial charge in [-0.05, 0) is 288 Å². The molecule has 0 saturated carbocycles. The van der Waals surface area contributed by atoms with Crippen molar-refractivity contribution in [3.05, 3.63) is 464 Å². The van der Waals surface area contributed by atoms with Gasteiger partial charge >= 0.3 is 0 Å². The predicted molar refractivity (Wildman–Crippen MR) is 516 cm³/mol. The first-order valence-electron chi connectivity index (χ1n) is 44.0. The Bertz CT molecular complexity index is 7670. The van der Waals surface area contributed by atoms with E-state index in [1.165, 1.54) is 71.1 Å². The number of anilines is 2. The van der Waals surface area contributed by atoms with E-state index in [9.17, 15) is 46.8 Å². The topological polar surface area (TPSA) is 239 Å². The van der Waals surface area contributed by atoms with Crippen molar-refractivity contribution in [3.8, 4) is 80.1 Å². The highest BCUT2D eigenvalue weighted by Gasteiger charge is 2.47. The first-order chi connectivity index (χ1) is 65.5. The molecule has 4 aliphatic heterocycles. The highest BCUT2D eigenvalue weighted by atomic mass is 32.2. The zero-order valence-electron chi connectivity index (χ0n) is 74.9. The SMILES string of the molecule is Cc1ccc(C2(c3ccc(N4C(=O)c5ccc(Oc6ccc(C(C)(C)c7ccc(Oc8ccc9c(c8)C(=O)N(C)C9=O)cc7)cc6)cc5C4=O)cc3)c3ccccc3-c3ccccc32)cc1.Cc1ccc(Oc2ccc(S(=O)(=O)c3ccc(Oc4ccc(N5C(=O)c6ccc(Oc7ccc(C(C)(C)c8ccc(Oc9ccc%10c(c9)C(=O)N(C)C%10=O)cc8)cc7)cc6C5=O)cc4)cc3)cc2)cc1. The molecule has 4 heterocycles. The highest BCUT2D eigenvalue weighted by Crippen LogP contribution is 2.57. The predicted octanol–water partition coefficient (Wildman–Crippen LogP) is 24.6. The van der Waals surface area contributed by atoms with Crippen molar-refractivity contribution in [1.82, 2.24) is 9.80 Å². The molecule has 1 aliphatic carbocycles. The molecule has 0 radical (unpaired) electrons. The Morgan fingerprint density at radius 2 is 0.456 bits per heavy atom. The second kappa shape index (κ2) is 34.2. The number of aryl methyl sites for hydroxylation is 2. The third-order valence-electron chi connectivity index (χ3n) is 25.9. The van der Waals surface area contributed by atoms with Gasteiger partial charge in [0.25, 0.3) is 47.3 Å². The number of benzene rings is 16. The maximum atomic E-state index is 14.1. The van der Waals surface area contributed by atoms with Gasteiger partial charge in [0.05, 0.1) is 71.1 Å². The standard InChI is InChI=1S/C58H42N2O6.C57H42N2O10S/c1-35-13-15-38(16-14-35)58(51-11-7-5-9-45(51)46-10-6-8-12-52(46)58)39-17-23-40(24-18-39)60-55(63)48-32-30-44(34-50(48)56(60)64)66-42-27-21-37(22-28-42)57(2,3)36-19-25-41(26-20-36)65-43-29-31-47-49(33-43)54(62)59(4)53(47)61;1-35-5-13-39(14-6-35)66-43-21-27-47(28-22-43)70(64,65)48-29-23-44(24-30-48)67-42-19-11-38(12-20-42)59-55(62)50-32-26-46(34-52(50)56(59)63)69-41-17-9-37(10-18-41)57(2,3)36-7-15-40(16-8-36)68-45-25-31-49-51(33-45)54(61)58(4)53(49)60/h5-34H,1-4H3;5-34H,1-4H3. The van der Waals surface area contributed by atoms with E-state index in [-0.39, 0.29) is 61.4 Å². The number of hydrogen-bond donors (Lipinski definition) is 0. The Balaban J connectivity index is 0.000000168. The number of sulfone groups is 1. The van der Waals surface area contributed by atoms with Crippen LogP contribution in [0.3, 0.4) is 0 Å². The molecule has 0 N–H and O–H groups in total. The van der Waals surface area contributed by atoms with Gasteiger partial charge in [-0.3, -0.25) is 48.2 Å². The molecule has 5 aliphatic rings. The minimum absolute atomic E-state index is 0.0928. The summed E-state index contributed by atoms with van der Waals surface area (Å²) in [6.07, 6.45) is 0. The monoisotopic (exact) mass is 1810 g/mol. The van der Waals surface area contributed by atoms with E-state index in [0.717, 1.165) is 53.6 Å². The Hall–Kier alpha value is -17.2. The molecule has 0 spiro atoms. The minimum Gasteiger partial charge on any atom is -0.457 e. The molecule has 0 saturated heterocycles. The highest BCUT2D eigenvalue weighted by molar-refractivity contribution is 7.91. The van der Waals surface area contributed by atoms with E-state index in [0.29, 0.717) is 108 Å². The van der Waals surface area contributed by atoms with Crippen LogP contribution in [0.2, 0.25) is 0 Å². The molecule has 8 amide bonds. The molecule has 136 heavy (non-hydrogen) atoms. The first-order valence-corrected chi connectivity index (χ1v) is 45.5. The zero-order valence-corrected chi connectivity index (χ0v) is 75.7. The smallest absolute Gasteiger partial charge is 0.266 e. The van der Waals surface area contributed by atoms with Crippen LogP contribution < -0.4 is 38.2 Å². The number of carbonyl (C=O) groups excluding carboxylic acids is 8. The molecule has 16 aromatic carbocycles. The zero-order chi connectivity index (χ0) is 94.4. The van der Waals surface area contributed by atoms with Crippen LogP contribution >= 0.6 is 0 Å². The van der Waals surface area contributed by atoms with Gasteiger partial charge in [0.1, 0.15) is 69.0 Å². The van der Waals surface area contributed by atoms with Gasteiger partial charge < -0.3 is 28.4 Å². The number of nitrogens with zero attached hydrogens (tertiary/aromatic N) is 4. The van der Waals surface area contributed by atoms with Crippen LogP contribution in [-0.2, 0) is 26.1 Å². The fraction of sp³-hybridized carbons (Fsp3) is 0.0957. The van der Waals surface area contributed by atoms with Crippen molar-refractivity contribution in [2.24, 2.45) is 0 Å². The van der Waals surface area contributed by atoms with Gasteiger partial charge in [-0.1, -0.05) is 184 Å². The van der Waals surface area contributed by atoms with Crippen LogP contribution in [0.15, 0.2) is 374 Å². The normalized spacial score (nSPS) is 13.9. The molecule has 0 aromatic heterocycles. The van der Waals surface area contributed by atoms with Gasteiger partial charge in [0, 0.05) is 24.9 Å². The fourth-order valence-electron chi connectivity index (χ4n) is 18.2. The summed E-state index contributed by atoms with van der Waals surface area (Å²) in [5.74, 6) is 2.93. The van der Waals surface area contributed by atoms with Crippen LogP contribution in [0, 0.1) is 13.8 Å². The Labute approximate surface area is 784 Å². The quantitative estimate of drug-likeness (QED) is 0.0573. The Morgan fingerprint density at radius 1 is 0.235 bits per heavy atom. The molecule has 20 nitrogen and oxygen atoms in total. The van der Waals surface area contributed by atoms with Crippen LogP contribution in [-0.4, -0.2) is 79.6 Å². The second-order valence-electron chi connectivity index (χ2n) is 35.0. The number of carbonyl (C=O) groups is 8. The number of ether oxygens (including phenoxy) is 6. The number of rotatable bonds is 22. The molecule has 0 fully saturated rings. The molecule has 21 heteroatoms. The van der Waals surface area contributed by atoms with Crippen LogP contribution in [0.1, 0.15) is 166 Å². The lowest BCUT2D eigenvalue weighted by atomic mass is 9.67. The maximum absolute atomic E-state index is 14.1. The van der Waals surface area contributed by atoms with E-state index in [4.69, 9.17) is 28.4 Å². The fourth-order valence-corrected chi connectivity index (χ4v) is 19.5. The number of hydrogen-bond acceptors (Lipinski definition) is 16. The third-order valence-corrected chi connectivity index (χ3v) is 27.7. The average molecular weight is 1810 g/mol. The van der Waals surface area contributed by atoms with E-state index in [1.54, 1.807) is 121 Å². The number of fused-ring (bicyclic) bond motifs is 7. The molecular formula is C115H84N4O16S. The van der Waals surface area contributed by atoms with Crippen molar-refractivity contribution >= 4 is 68.5 Å². The van der Waals surface area contributed by atoms with E-state index in [2.05, 4.69) is 107 Å². The molecular weight excluding hydrogens is 1730 g/mol. The largest absolute Gasteiger partial charge is 0.457 e. The van der Waals surface area contributed by atoms with Crippen LogP contribution in [0.5, 0.6) is 69.0 Å². The summed E-state index contributed by atoms with van der Waals surface area (Å²) in [6.45, 7) is 12.6. The van der Waals surface area contributed by atoms with Crippen molar-refractivity contribution in [3.63, 3.8) is 0 Å². The van der Waals surface area contributed by atoms with Crippen LogP contribution in [0.25, 0.3) is 11.1 Å². The van der Waals surface area contributed by atoms with Gasteiger partial charge in [-0.2, -0.15) is 0 Å². The summed E-state index contributed by atoms with van der Waals surface area (Å²) in [7, 11) is -0.895. The van der Waals surface area contributed by atoms with Crippen molar-refractivity contribution in [2.45, 2.75) is 67.6 Å². The second-order valence-corrected chi connectivity index (χ2v) is 37.0. The summed E-state index contributed by atoms with van der Waals surface area (Å²) in [5.41, 5.74) is 15.3. The van der Waals surface area contributed by atoms with Crippen molar-refractivity contribution in [1.29, 1.82) is 0 Å². The lowest BCUT2D eigenvalue weighted by Gasteiger charge is -2.34. The summed E-state index contributed by atoms with van der Waals surface area (Å²) >= 11 is 0. The van der Waals surface area contributed by atoms with E-state index in [1.807, 2.05) is 153 Å². The molecule has 0 atom stereocenters. The summed E-state index contributed by atoms with van der Waals surface area (Å²) < 4.78 is 63.2. The summed E-state index contributed by atoms with van der Waals surface area (Å²) in [4.78, 5) is 109. The average Bonchev–Trinajstić information content (AvgIpc) is 1.53. The summed E-state index contributed by atoms with van der Waals surface area (Å²) in [6, 6.07) is 110. The first kappa shape index (κ1) is 86.8. The molecule has 21 rings (SSSR count). The lowest BCUT2D eigenvalue weighted by molar-refractivity contribution is 0.0677. The van der Waals surface area contributed by atoms with E-state index >= 15 is 0 Å². The third kappa shape index (κ3) is 15.6. The Kier molecular flexibility index (Phi) is 21.8. The molecule has 16 aromatic rings. The summed E-state index contributed by atoms with van der Waals surface area (Å²) in [5, 5.41) is 0. The molecule has 0 bridgehead atoms. The maximum Gasteiger partial charge on any atom is 0.266 e. The van der Waals surface area contributed by atoms with Crippen molar-refractivity contribution < 1.29 is 75.2 Å². The number of imide groups is 4. The Morgan fingerprint density at radius 3 is 0.772 bits per heavy atom. The van der Waals surface area contributed by atoms with Gasteiger partial charge in [-0.25, -0.2) is 18.2 Å². The van der Waals surface area contributed by atoms with Gasteiger partial charge in [0.15, 0.2) is 0 Å². The molecule has 0 unspecified atom stereocenters. The van der Waals surface area contributed by atoms with Gasteiger partial charge in [-0.15, -0.1) is 0 Å². The lowest BCUT2D eigenvalue weighted by Crippen LogP contribution is -2.30. The van der Waals surface area contributed by atoms with Gasteiger partial charge in [0.2, 0.25) is 9.84 Å². The minimum atomic E-state index is -3.82. The molecule has 666 valence electrons. The van der Waals surface area contributed by atoms with E-state index < -0.39 is 38.4 Å². The number of amides is 8.